The summed E-state index contributed by atoms with van der Waals surface area (Å²) < 4.78 is 6.69. The van der Waals surface area contributed by atoms with Crippen LogP contribution in [0.3, 0.4) is 0 Å². The van der Waals surface area contributed by atoms with Crippen molar-refractivity contribution in [2.24, 2.45) is 0 Å². The first-order valence-electron chi connectivity index (χ1n) is 11.1. The molecule has 33 heavy (non-hydrogen) atoms. The molecule has 0 spiro atoms. The van der Waals surface area contributed by atoms with Crippen molar-refractivity contribution >= 4 is 39.1 Å². The number of pyridine rings is 1. The van der Waals surface area contributed by atoms with Crippen molar-refractivity contribution in [2.75, 3.05) is 18.9 Å². The van der Waals surface area contributed by atoms with Crippen molar-refractivity contribution in [3.05, 3.63) is 52.5 Å². The molecule has 1 aliphatic carbocycles. The Morgan fingerprint density at radius 1 is 1.21 bits per heavy atom. The SMILES string of the molecule is Nc1ncc(C(=O)NCCO)c2scc(COc3cccc(C(=O)NC4CCCCC4)c3)c12. The molecule has 174 valence electrons. The maximum atomic E-state index is 12.7. The molecule has 1 aliphatic rings. The van der Waals surface area contributed by atoms with Crippen LogP contribution in [0.4, 0.5) is 5.82 Å². The number of nitrogens with zero attached hydrogens (tertiary/aromatic N) is 1. The number of amides is 2. The molecule has 0 radical (unpaired) electrons. The number of aromatic nitrogens is 1. The highest BCUT2D eigenvalue weighted by Gasteiger charge is 2.19. The molecule has 4 rings (SSSR count). The van der Waals surface area contributed by atoms with E-state index in [-0.39, 0.29) is 37.6 Å². The largest absolute Gasteiger partial charge is 0.489 e. The van der Waals surface area contributed by atoms with Crippen LogP contribution in [0, 0.1) is 0 Å². The molecule has 2 amide bonds. The average molecular weight is 469 g/mol. The molecule has 5 N–H and O–H groups in total. The minimum absolute atomic E-state index is 0.0830. The number of aliphatic hydroxyl groups is 1. The lowest BCUT2D eigenvalue weighted by molar-refractivity contribution is 0.0924. The molecule has 1 saturated carbocycles. The zero-order chi connectivity index (χ0) is 23.2. The molecule has 0 saturated heterocycles. The van der Waals surface area contributed by atoms with Gasteiger partial charge in [0.1, 0.15) is 18.2 Å². The first kappa shape index (κ1) is 23.0. The second-order valence-corrected chi connectivity index (χ2v) is 9.01. The second-order valence-electron chi connectivity index (χ2n) is 8.13. The maximum absolute atomic E-state index is 12.7. The van der Waals surface area contributed by atoms with Crippen LogP contribution >= 0.6 is 11.3 Å². The van der Waals surface area contributed by atoms with Gasteiger partial charge in [-0.3, -0.25) is 9.59 Å². The van der Waals surface area contributed by atoms with Gasteiger partial charge in [0, 0.05) is 35.3 Å². The molecular formula is C24H28N4O4S. The second kappa shape index (κ2) is 10.6. The van der Waals surface area contributed by atoms with Gasteiger partial charge in [-0.1, -0.05) is 25.3 Å². The number of ether oxygens (including phenoxy) is 1. The van der Waals surface area contributed by atoms with Crippen molar-refractivity contribution in [1.29, 1.82) is 0 Å². The van der Waals surface area contributed by atoms with Crippen molar-refractivity contribution in [1.82, 2.24) is 15.6 Å². The summed E-state index contributed by atoms with van der Waals surface area (Å²) in [5, 5.41) is 17.3. The Morgan fingerprint density at radius 2 is 2.03 bits per heavy atom. The summed E-state index contributed by atoms with van der Waals surface area (Å²) in [5.41, 5.74) is 7.90. The van der Waals surface area contributed by atoms with E-state index in [1.165, 1.54) is 24.0 Å². The van der Waals surface area contributed by atoms with Gasteiger partial charge in [0.05, 0.1) is 16.9 Å². The summed E-state index contributed by atoms with van der Waals surface area (Å²) in [6, 6.07) is 7.37. The lowest BCUT2D eigenvalue weighted by Crippen LogP contribution is -2.36. The molecule has 0 atom stereocenters. The Morgan fingerprint density at radius 3 is 2.82 bits per heavy atom. The molecule has 0 bridgehead atoms. The van der Waals surface area contributed by atoms with E-state index in [1.807, 2.05) is 5.38 Å². The quantitative estimate of drug-likeness (QED) is 0.402. The van der Waals surface area contributed by atoms with Gasteiger partial charge in [-0.05, 0) is 36.4 Å². The van der Waals surface area contributed by atoms with Crippen LogP contribution in [0.15, 0.2) is 35.8 Å². The van der Waals surface area contributed by atoms with Crippen LogP contribution in [-0.2, 0) is 6.61 Å². The normalized spacial score (nSPS) is 14.2. The molecule has 1 aromatic carbocycles. The summed E-state index contributed by atoms with van der Waals surface area (Å²) in [6.07, 6.45) is 7.06. The summed E-state index contributed by atoms with van der Waals surface area (Å²) in [7, 11) is 0. The van der Waals surface area contributed by atoms with Crippen LogP contribution in [0.1, 0.15) is 58.4 Å². The van der Waals surface area contributed by atoms with E-state index < -0.39 is 0 Å². The summed E-state index contributed by atoms with van der Waals surface area (Å²) in [5.74, 6) is 0.506. The third-order valence-electron chi connectivity index (χ3n) is 5.77. The molecule has 2 heterocycles. The predicted octanol–water partition coefficient (Wildman–Crippen LogP) is 3.24. The van der Waals surface area contributed by atoms with E-state index in [0.717, 1.165) is 35.9 Å². The number of thiophene rings is 1. The van der Waals surface area contributed by atoms with Gasteiger partial charge in [0.15, 0.2) is 0 Å². The molecule has 8 nitrogen and oxygen atoms in total. The Bertz CT molecular complexity index is 1140. The molecule has 1 fully saturated rings. The highest BCUT2D eigenvalue weighted by atomic mass is 32.1. The number of hydrogen-bond acceptors (Lipinski definition) is 7. The number of carbonyl (C=O) groups excluding carboxylic acids is 2. The third-order valence-corrected chi connectivity index (χ3v) is 6.84. The fraction of sp³-hybridized carbons (Fsp3) is 0.375. The maximum Gasteiger partial charge on any atom is 0.254 e. The Labute approximate surface area is 196 Å². The Kier molecular flexibility index (Phi) is 7.41. The van der Waals surface area contributed by atoms with Gasteiger partial charge in [-0.2, -0.15) is 0 Å². The van der Waals surface area contributed by atoms with Crippen LogP contribution in [0.5, 0.6) is 5.75 Å². The number of nitrogen functional groups attached to an aromatic ring is 1. The summed E-state index contributed by atoms with van der Waals surface area (Å²) in [4.78, 5) is 29.2. The van der Waals surface area contributed by atoms with Crippen molar-refractivity contribution < 1.29 is 19.4 Å². The van der Waals surface area contributed by atoms with E-state index in [4.69, 9.17) is 15.6 Å². The Balaban J connectivity index is 1.47. The topological polar surface area (TPSA) is 127 Å². The third kappa shape index (κ3) is 5.43. The number of nitrogens with one attached hydrogen (secondary N) is 2. The monoisotopic (exact) mass is 468 g/mol. The minimum Gasteiger partial charge on any atom is -0.489 e. The summed E-state index contributed by atoms with van der Waals surface area (Å²) in [6.45, 7) is 0.247. The molecule has 3 aromatic rings. The van der Waals surface area contributed by atoms with E-state index in [0.29, 0.717) is 28.1 Å². The van der Waals surface area contributed by atoms with Gasteiger partial charge in [0.2, 0.25) is 0 Å². The van der Waals surface area contributed by atoms with Gasteiger partial charge in [-0.25, -0.2) is 4.98 Å². The highest BCUT2D eigenvalue weighted by Crippen LogP contribution is 2.33. The standard InChI is InChI=1S/C24H28N4O4S/c25-22-20-16(14-33-21(20)19(12-27-22)24(31)26-9-10-29)13-32-18-8-4-5-15(11-18)23(30)28-17-6-2-1-3-7-17/h4-5,8,11-12,14,17,29H,1-3,6-7,9-10,13H2,(H2,25,27)(H,26,31)(H,28,30). The zero-order valence-electron chi connectivity index (χ0n) is 18.3. The highest BCUT2D eigenvalue weighted by molar-refractivity contribution is 7.17. The average Bonchev–Trinajstić information content (AvgIpc) is 3.27. The van der Waals surface area contributed by atoms with E-state index in [9.17, 15) is 9.59 Å². The number of anilines is 1. The van der Waals surface area contributed by atoms with Gasteiger partial charge in [-0.15, -0.1) is 11.3 Å². The van der Waals surface area contributed by atoms with Gasteiger partial charge >= 0.3 is 0 Å². The molecule has 0 aliphatic heterocycles. The number of hydrogen-bond donors (Lipinski definition) is 4. The van der Waals surface area contributed by atoms with Crippen LogP contribution in [0.25, 0.3) is 10.1 Å². The number of fused-ring (bicyclic) bond motifs is 1. The number of rotatable bonds is 8. The first-order valence-corrected chi connectivity index (χ1v) is 12.0. The van der Waals surface area contributed by atoms with E-state index in [2.05, 4.69) is 15.6 Å². The Hall–Kier alpha value is -3.17. The number of aliphatic hydroxyl groups excluding tert-OH is 1. The lowest BCUT2D eigenvalue weighted by atomic mass is 9.95. The fourth-order valence-corrected chi connectivity index (χ4v) is 5.14. The summed E-state index contributed by atoms with van der Waals surface area (Å²) >= 11 is 1.39. The fourth-order valence-electron chi connectivity index (χ4n) is 4.07. The lowest BCUT2D eigenvalue weighted by Gasteiger charge is -2.22. The molecule has 2 aromatic heterocycles. The molecule has 0 unspecified atom stereocenters. The van der Waals surface area contributed by atoms with Crippen LogP contribution < -0.4 is 21.1 Å². The number of benzene rings is 1. The number of carbonyl (C=O) groups is 2. The van der Waals surface area contributed by atoms with Crippen molar-refractivity contribution in [3.63, 3.8) is 0 Å². The zero-order valence-corrected chi connectivity index (χ0v) is 19.1. The number of nitrogens with two attached hydrogens (primary N) is 1. The van der Waals surface area contributed by atoms with Crippen molar-refractivity contribution in [3.8, 4) is 5.75 Å². The molecule has 9 heteroatoms. The van der Waals surface area contributed by atoms with E-state index >= 15 is 0 Å². The van der Waals surface area contributed by atoms with Crippen LogP contribution in [0.2, 0.25) is 0 Å². The first-order chi connectivity index (χ1) is 16.1. The van der Waals surface area contributed by atoms with Gasteiger partial charge in [0.25, 0.3) is 11.8 Å². The van der Waals surface area contributed by atoms with Gasteiger partial charge < -0.3 is 26.2 Å². The van der Waals surface area contributed by atoms with Crippen LogP contribution in [-0.4, -0.2) is 41.1 Å². The van der Waals surface area contributed by atoms with E-state index in [1.54, 1.807) is 24.3 Å². The molecular weight excluding hydrogens is 440 g/mol. The minimum atomic E-state index is -0.312. The smallest absolute Gasteiger partial charge is 0.254 e. The predicted molar refractivity (Wildman–Crippen MR) is 129 cm³/mol. The van der Waals surface area contributed by atoms with Crippen molar-refractivity contribution in [2.45, 2.75) is 44.8 Å².